The van der Waals surface area contributed by atoms with E-state index in [0.29, 0.717) is 5.70 Å². The number of rotatable bonds is 3. The van der Waals surface area contributed by atoms with E-state index in [9.17, 15) is 4.79 Å². The average Bonchev–Trinajstić information content (AvgIpc) is 2.80. The SMILES string of the molecule is Cc1ccc(N2C(=O)C(=Cc3ccc(N(C)C)cc3)N(C)C2=[Se])cc1. The molecule has 0 bridgehead atoms. The van der Waals surface area contributed by atoms with E-state index < -0.39 is 0 Å². The van der Waals surface area contributed by atoms with Crippen LogP contribution in [-0.2, 0) is 4.79 Å². The summed E-state index contributed by atoms with van der Waals surface area (Å²) in [5.41, 5.74) is 4.81. The van der Waals surface area contributed by atoms with Gasteiger partial charge in [0.2, 0.25) is 0 Å². The van der Waals surface area contributed by atoms with E-state index in [-0.39, 0.29) is 5.91 Å². The summed E-state index contributed by atoms with van der Waals surface area (Å²) in [6, 6.07) is 16.1. The summed E-state index contributed by atoms with van der Waals surface area (Å²) in [6.07, 6.45) is 1.92. The normalized spacial score (nSPS) is 16.1. The standard InChI is InChI=1S/C20H21N3OSe/c1-14-5-9-17(10-6-14)23-19(24)18(22(4)20(23)25)13-15-7-11-16(12-8-15)21(2)3/h5-13H,1-4H3. The van der Waals surface area contributed by atoms with Crippen molar-refractivity contribution in [2.45, 2.75) is 6.92 Å². The van der Waals surface area contributed by atoms with Gasteiger partial charge in [0.15, 0.2) is 0 Å². The Balaban J connectivity index is 1.93. The molecule has 0 saturated carbocycles. The van der Waals surface area contributed by atoms with Crippen LogP contribution >= 0.6 is 0 Å². The van der Waals surface area contributed by atoms with Crippen LogP contribution in [-0.4, -0.2) is 52.2 Å². The summed E-state index contributed by atoms with van der Waals surface area (Å²) in [4.78, 5) is 18.6. The zero-order chi connectivity index (χ0) is 18.1. The van der Waals surface area contributed by atoms with Crippen LogP contribution < -0.4 is 9.80 Å². The first-order valence-corrected chi connectivity index (χ1v) is 8.92. The summed E-state index contributed by atoms with van der Waals surface area (Å²) >= 11 is 3.02. The topological polar surface area (TPSA) is 26.8 Å². The third-order valence-corrected chi connectivity index (χ3v) is 5.22. The van der Waals surface area contributed by atoms with Crippen molar-refractivity contribution >= 4 is 43.6 Å². The summed E-state index contributed by atoms with van der Waals surface area (Å²) in [5, 5.41) is 0. The van der Waals surface area contributed by atoms with Crippen LogP contribution in [0.5, 0.6) is 0 Å². The van der Waals surface area contributed by atoms with Crippen LogP contribution in [0, 0.1) is 6.92 Å². The summed E-state index contributed by atoms with van der Waals surface area (Å²) in [6.45, 7) is 2.03. The van der Waals surface area contributed by atoms with Crippen molar-refractivity contribution in [3.8, 4) is 0 Å². The second kappa shape index (κ2) is 6.87. The van der Waals surface area contributed by atoms with Gasteiger partial charge in [-0.05, 0) is 0 Å². The molecule has 0 aliphatic carbocycles. The van der Waals surface area contributed by atoms with E-state index in [1.807, 2.05) is 87.6 Å². The van der Waals surface area contributed by atoms with Gasteiger partial charge in [-0.15, -0.1) is 0 Å². The number of likely N-dealkylation sites (N-methyl/N-ethyl adjacent to an activating group) is 1. The molecule has 1 fully saturated rings. The Morgan fingerprint density at radius 1 is 1.00 bits per heavy atom. The molecular formula is C20H21N3OSe. The number of carbonyl (C=O) groups excluding carboxylic acids is 1. The molecule has 2 aromatic rings. The Labute approximate surface area is 156 Å². The fraction of sp³-hybridized carbons (Fsp3) is 0.200. The van der Waals surface area contributed by atoms with Crippen LogP contribution in [0.4, 0.5) is 11.4 Å². The first-order chi connectivity index (χ1) is 11.9. The van der Waals surface area contributed by atoms with Gasteiger partial charge in [-0.2, -0.15) is 0 Å². The molecule has 4 nitrogen and oxygen atoms in total. The summed E-state index contributed by atoms with van der Waals surface area (Å²) < 4.78 is 0.782. The number of nitrogens with zero attached hydrogens (tertiary/aromatic N) is 3. The van der Waals surface area contributed by atoms with Crippen molar-refractivity contribution < 1.29 is 4.79 Å². The predicted octanol–water partition coefficient (Wildman–Crippen LogP) is 2.64. The Kier molecular flexibility index (Phi) is 4.80. The van der Waals surface area contributed by atoms with E-state index in [1.165, 1.54) is 5.56 Å². The predicted molar refractivity (Wildman–Crippen MR) is 106 cm³/mol. The molecule has 0 atom stereocenters. The van der Waals surface area contributed by atoms with Gasteiger partial charge in [-0.25, -0.2) is 0 Å². The Morgan fingerprint density at radius 2 is 1.60 bits per heavy atom. The van der Waals surface area contributed by atoms with Crippen LogP contribution in [0.3, 0.4) is 0 Å². The van der Waals surface area contributed by atoms with E-state index in [1.54, 1.807) is 4.90 Å². The van der Waals surface area contributed by atoms with Crippen molar-refractivity contribution in [1.29, 1.82) is 0 Å². The first-order valence-electron chi connectivity index (χ1n) is 8.06. The Bertz CT molecular complexity index is 838. The summed E-state index contributed by atoms with van der Waals surface area (Å²) in [7, 11) is 5.92. The molecule has 0 radical (unpaired) electrons. The third-order valence-electron chi connectivity index (χ3n) is 4.27. The molecule has 2 aromatic carbocycles. The molecule has 1 saturated heterocycles. The van der Waals surface area contributed by atoms with Gasteiger partial charge in [0.1, 0.15) is 0 Å². The molecule has 0 aromatic heterocycles. The van der Waals surface area contributed by atoms with Crippen molar-refractivity contribution in [3.63, 3.8) is 0 Å². The molecule has 1 aliphatic heterocycles. The monoisotopic (exact) mass is 399 g/mol. The average molecular weight is 398 g/mol. The van der Waals surface area contributed by atoms with Gasteiger partial charge in [0, 0.05) is 0 Å². The molecular weight excluding hydrogens is 377 g/mol. The fourth-order valence-corrected chi connectivity index (χ4v) is 3.31. The molecule has 5 heteroatoms. The van der Waals surface area contributed by atoms with Gasteiger partial charge in [0.05, 0.1) is 0 Å². The zero-order valence-corrected chi connectivity index (χ0v) is 16.6. The van der Waals surface area contributed by atoms with Gasteiger partial charge in [0.25, 0.3) is 0 Å². The minimum absolute atomic E-state index is 0.0308. The van der Waals surface area contributed by atoms with E-state index in [4.69, 9.17) is 0 Å². The maximum atomic E-state index is 13.0. The molecule has 1 aliphatic rings. The minimum atomic E-state index is -0.0308. The van der Waals surface area contributed by atoms with Crippen LogP contribution in [0.25, 0.3) is 6.08 Å². The molecule has 3 rings (SSSR count). The third kappa shape index (κ3) is 3.39. The van der Waals surface area contributed by atoms with Gasteiger partial charge < -0.3 is 0 Å². The van der Waals surface area contributed by atoms with Crippen LogP contribution in [0.2, 0.25) is 0 Å². The van der Waals surface area contributed by atoms with E-state index in [0.717, 1.165) is 21.6 Å². The number of hydrogen-bond donors (Lipinski definition) is 0. The molecule has 0 unspecified atom stereocenters. The Morgan fingerprint density at radius 3 is 2.16 bits per heavy atom. The van der Waals surface area contributed by atoms with Crippen molar-refractivity contribution in [2.24, 2.45) is 0 Å². The van der Waals surface area contributed by atoms with E-state index >= 15 is 0 Å². The zero-order valence-electron chi connectivity index (χ0n) is 14.9. The van der Waals surface area contributed by atoms with Crippen LogP contribution in [0.1, 0.15) is 11.1 Å². The first kappa shape index (κ1) is 17.5. The van der Waals surface area contributed by atoms with Crippen molar-refractivity contribution in [1.82, 2.24) is 4.90 Å². The van der Waals surface area contributed by atoms with Gasteiger partial charge in [-0.3, -0.25) is 0 Å². The van der Waals surface area contributed by atoms with Gasteiger partial charge in [-0.1, -0.05) is 0 Å². The van der Waals surface area contributed by atoms with Crippen molar-refractivity contribution in [2.75, 3.05) is 30.9 Å². The number of amides is 1. The maximum absolute atomic E-state index is 13.0. The van der Waals surface area contributed by atoms with Gasteiger partial charge >= 0.3 is 157 Å². The Hall–Kier alpha value is -2.36. The van der Waals surface area contributed by atoms with Crippen LogP contribution in [0.15, 0.2) is 54.2 Å². The number of anilines is 2. The number of hydrogen-bond acceptors (Lipinski definition) is 3. The number of carbonyl (C=O) groups is 1. The molecule has 0 N–H and O–H groups in total. The number of aryl methyl sites for hydroxylation is 1. The second-order valence-electron chi connectivity index (χ2n) is 6.33. The molecule has 128 valence electrons. The van der Waals surface area contributed by atoms with Crippen molar-refractivity contribution in [3.05, 3.63) is 65.4 Å². The number of benzene rings is 2. The fourth-order valence-electron chi connectivity index (χ4n) is 2.70. The molecule has 25 heavy (non-hydrogen) atoms. The molecule has 0 spiro atoms. The second-order valence-corrected chi connectivity index (χ2v) is 7.10. The quantitative estimate of drug-likeness (QED) is 0.588. The molecule has 1 heterocycles. The molecule has 1 amide bonds. The summed E-state index contributed by atoms with van der Waals surface area (Å²) in [5.74, 6) is -0.0308. The van der Waals surface area contributed by atoms with E-state index in [2.05, 4.69) is 20.5 Å².